The van der Waals surface area contributed by atoms with Gasteiger partial charge in [0.1, 0.15) is 11.5 Å². The largest absolute Gasteiger partial charge is 0.365 e. The summed E-state index contributed by atoms with van der Waals surface area (Å²) in [5.74, 6) is -0.314. The molecule has 22 heavy (non-hydrogen) atoms. The number of nitro groups is 1. The number of hydrogen-bond acceptors (Lipinski definition) is 4. The van der Waals surface area contributed by atoms with Crippen LogP contribution < -0.4 is 4.90 Å². The van der Waals surface area contributed by atoms with Gasteiger partial charge < -0.3 is 4.90 Å². The van der Waals surface area contributed by atoms with E-state index in [4.69, 9.17) is 5.26 Å². The van der Waals surface area contributed by atoms with Crippen LogP contribution in [-0.2, 0) is 6.54 Å². The van der Waals surface area contributed by atoms with E-state index in [2.05, 4.69) is 0 Å². The molecule has 0 radical (unpaired) electrons. The fourth-order valence-electron chi connectivity index (χ4n) is 2.15. The van der Waals surface area contributed by atoms with Crippen molar-refractivity contribution >= 4 is 11.4 Å². The van der Waals surface area contributed by atoms with Crippen LogP contribution in [0, 0.1) is 34.2 Å². The van der Waals surface area contributed by atoms with Crippen molar-refractivity contribution in [1.29, 1.82) is 5.26 Å². The highest BCUT2D eigenvalue weighted by atomic mass is 19.1. The van der Waals surface area contributed by atoms with Crippen LogP contribution in [0.25, 0.3) is 0 Å². The minimum Gasteiger partial charge on any atom is -0.365 e. The summed E-state index contributed by atoms with van der Waals surface area (Å²) in [7, 11) is 1.67. The molecule has 0 atom stereocenters. The lowest BCUT2D eigenvalue weighted by atomic mass is 10.1. The number of nitrogens with zero attached hydrogens (tertiary/aromatic N) is 3. The Bertz CT molecular complexity index is 768. The molecule has 0 amide bonds. The van der Waals surface area contributed by atoms with Gasteiger partial charge in [0.25, 0.3) is 5.69 Å². The van der Waals surface area contributed by atoms with E-state index < -0.39 is 4.92 Å². The van der Waals surface area contributed by atoms with E-state index in [1.165, 1.54) is 24.3 Å². The second-order valence-electron chi connectivity index (χ2n) is 5.01. The number of benzene rings is 2. The maximum absolute atomic E-state index is 13.6. The van der Waals surface area contributed by atoms with Crippen LogP contribution in [0.3, 0.4) is 0 Å². The molecule has 0 aromatic heterocycles. The molecule has 0 saturated heterocycles. The third-order valence-electron chi connectivity index (χ3n) is 3.37. The van der Waals surface area contributed by atoms with Crippen molar-refractivity contribution in [2.24, 2.45) is 0 Å². The zero-order valence-electron chi connectivity index (χ0n) is 12.2. The summed E-state index contributed by atoms with van der Waals surface area (Å²) in [6.45, 7) is 1.97. The van der Waals surface area contributed by atoms with Crippen molar-refractivity contribution in [1.82, 2.24) is 0 Å². The minimum atomic E-state index is -0.497. The van der Waals surface area contributed by atoms with E-state index in [9.17, 15) is 14.5 Å². The Labute approximate surface area is 127 Å². The number of aryl methyl sites for hydroxylation is 1. The Kier molecular flexibility index (Phi) is 4.37. The predicted octanol–water partition coefficient (Wildman–Crippen LogP) is 3.55. The molecule has 2 rings (SSSR count). The van der Waals surface area contributed by atoms with Crippen molar-refractivity contribution in [2.75, 3.05) is 11.9 Å². The summed E-state index contributed by atoms with van der Waals surface area (Å²) in [6.07, 6.45) is 0. The van der Waals surface area contributed by atoms with Gasteiger partial charge in [-0.15, -0.1) is 0 Å². The molecule has 2 aromatic carbocycles. The molecule has 2 aromatic rings. The standard InChI is InChI=1S/C16H14FN3O2/c1-11-3-4-13(7-14(11)17)10-19(2)16-8-12(9-18)5-6-15(16)20(21)22/h3-8H,10H2,1-2H3. The summed E-state index contributed by atoms with van der Waals surface area (Å²) in [5.41, 5.74) is 1.81. The Hall–Kier alpha value is -2.94. The topological polar surface area (TPSA) is 70.2 Å². The van der Waals surface area contributed by atoms with Gasteiger partial charge in [-0.1, -0.05) is 12.1 Å². The molecule has 0 saturated carbocycles. The molecular weight excluding hydrogens is 285 g/mol. The van der Waals surface area contributed by atoms with E-state index in [0.717, 1.165) is 0 Å². The van der Waals surface area contributed by atoms with Crippen LogP contribution in [0.1, 0.15) is 16.7 Å². The first-order valence-corrected chi connectivity index (χ1v) is 6.57. The molecule has 0 N–H and O–H groups in total. The van der Waals surface area contributed by atoms with Gasteiger partial charge in [-0.3, -0.25) is 10.1 Å². The lowest BCUT2D eigenvalue weighted by molar-refractivity contribution is -0.384. The molecule has 0 bridgehead atoms. The van der Waals surface area contributed by atoms with Crippen molar-refractivity contribution < 1.29 is 9.31 Å². The lowest BCUT2D eigenvalue weighted by Gasteiger charge is -2.19. The van der Waals surface area contributed by atoms with E-state index in [1.54, 1.807) is 31.0 Å². The molecular formula is C16H14FN3O2. The van der Waals surface area contributed by atoms with Crippen LogP contribution in [0.15, 0.2) is 36.4 Å². The van der Waals surface area contributed by atoms with E-state index in [1.807, 2.05) is 6.07 Å². The maximum atomic E-state index is 13.6. The van der Waals surface area contributed by atoms with Crippen molar-refractivity contribution in [3.63, 3.8) is 0 Å². The molecule has 0 unspecified atom stereocenters. The van der Waals surface area contributed by atoms with Crippen LogP contribution >= 0.6 is 0 Å². The second-order valence-corrected chi connectivity index (χ2v) is 5.01. The minimum absolute atomic E-state index is 0.0888. The van der Waals surface area contributed by atoms with Crippen molar-refractivity contribution in [3.8, 4) is 6.07 Å². The first-order valence-electron chi connectivity index (χ1n) is 6.57. The first kappa shape index (κ1) is 15.4. The third-order valence-corrected chi connectivity index (χ3v) is 3.37. The summed E-state index contributed by atoms with van der Waals surface area (Å²) < 4.78 is 13.6. The average Bonchev–Trinajstić information content (AvgIpc) is 2.50. The average molecular weight is 299 g/mol. The molecule has 0 aliphatic rings. The monoisotopic (exact) mass is 299 g/mol. The van der Waals surface area contributed by atoms with Gasteiger partial charge >= 0.3 is 0 Å². The zero-order valence-corrected chi connectivity index (χ0v) is 12.2. The third kappa shape index (κ3) is 3.20. The van der Waals surface area contributed by atoms with Gasteiger partial charge in [0, 0.05) is 19.7 Å². The maximum Gasteiger partial charge on any atom is 0.292 e. The van der Waals surface area contributed by atoms with Gasteiger partial charge in [-0.25, -0.2) is 4.39 Å². The highest BCUT2D eigenvalue weighted by Crippen LogP contribution is 2.29. The molecule has 0 aliphatic carbocycles. The van der Waals surface area contributed by atoms with Crippen LogP contribution in [-0.4, -0.2) is 12.0 Å². The summed E-state index contributed by atoms with van der Waals surface area (Å²) in [4.78, 5) is 12.2. The Balaban J connectivity index is 2.35. The van der Waals surface area contributed by atoms with Crippen LogP contribution in [0.2, 0.25) is 0 Å². The van der Waals surface area contributed by atoms with E-state index >= 15 is 0 Å². The molecule has 0 spiro atoms. The summed E-state index contributed by atoms with van der Waals surface area (Å²) in [5, 5.41) is 20.1. The lowest BCUT2D eigenvalue weighted by Crippen LogP contribution is -2.18. The quantitative estimate of drug-likeness (QED) is 0.639. The van der Waals surface area contributed by atoms with Gasteiger partial charge in [0.05, 0.1) is 16.6 Å². The normalized spacial score (nSPS) is 10.1. The predicted molar refractivity (Wildman–Crippen MR) is 81.1 cm³/mol. The first-order chi connectivity index (χ1) is 10.4. The molecule has 112 valence electrons. The smallest absolute Gasteiger partial charge is 0.292 e. The summed E-state index contributed by atoms with van der Waals surface area (Å²) >= 11 is 0. The molecule has 0 heterocycles. The van der Waals surface area contributed by atoms with E-state index in [-0.39, 0.29) is 11.5 Å². The SMILES string of the molecule is Cc1ccc(CN(C)c2cc(C#N)ccc2[N+](=O)[O-])cc1F. The number of anilines is 1. The van der Waals surface area contributed by atoms with Crippen molar-refractivity contribution in [2.45, 2.75) is 13.5 Å². The number of nitro benzene ring substituents is 1. The van der Waals surface area contributed by atoms with Crippen LogP contribution in [0.4, 0.5) is 15.8 Å². The Morgan fingerprint density at radius 3 is 2.64 bits per heavy atom. The fraction of sp³-hybridized carbons (Fsp3) is 0.188. The van der Waals surface area contributed by atoms with Crippen molar-refractivity contribution in [3.05, 3.63) is 69.0 Å². The number of nitriles is 1. The molecule has 5 nitrogen and oxygen atoms in total. The Morgan fingerprint density at radius 2 is 2.05 bits per heavy atom. The highest BCUT2D eigenvalue weighted by molar-refractivity contribution is 5.65. The van der Waals surface area contributed by atoms with Gasteiger partial charge in [-0.05, 0) is 36.2 Å². The van der Waals surface area contributed by atoms with Gasteiger partial charge in [0.15, 0.2) is 0 Å². The Morgan fingerprint density at radius 1 is 1.32 bits per heavy atom. The number of halogens is 1. The zero-order chi connectivity index (χ0) is 16.3. The van der Waals surface area contributed by atoms with E-state index in [0.29, 0.717) is 28.9 Å². The van der Waals surface area contributed by atoms with Gasteiger partial charge in [-0.2, -0.15) is 5.26 Å². The highest BCUT2D eigenvalue weighted by Gasteiger charge is 2.18. The summed E-state index contributed by atoms with van der Waals surface area (Å²) in [6, 6.07) is 11.0. The fourth-order valence-corrected chi connectivity index (χ4v) is 2.15. The molecule has 6 heteroatoms. The van der Waals surface area contributed by atoms with Crippen LogP contribution in [0.5, 0.6) is 0 Å². The molecule has 0 aliphatic heterocycles. The second kappa shape index (κ2) is 6.22. The number of hydrogen-bond donors (Lipinski definition) is 0. The van der Waals surface area contributed by atoms with Gasteiger partial charge in [0.2, 0.25) is 0 Å². The number of rotatable bonds is 4. The molecule has 0 fully saturated rings.